The smallest absolute Gasteiger partial charge is 0.273 e. The van der Waals surface area contributed by atoms with Gasteiger partial charge in [0, 0.05) is 23.3 Å². The number of hydrogen-bond acceptors (Lipinski definition) is 6. The Bertz CT molecular complexity index is 1170. The van der Waals surface area contributed by atoms with Gasteiger partial charge in [-0.05, 0) is 50.2 Å². The molecule has 2 aromatic carbocycles. The Labute approximate surface area is 195 Å². The first kappa shape index (κ1) is 21.9. The minimum Gasteiger partial charge on any atom is -0.292 e. The van der Waals surface area contributed by atoms with E-state index in [0.29, 0.717) is 5.56 Å². The largest absolute Gasteiger partial charge is 0.292 e. The number of carbonyl (C=O) groups is 4. The zero-order valence-corrected chi connectivity index (χ0v) is 18.5. The van der Waals surface area contributed by atoms with Crippen molar-refractivity contribution in [3.8, 4) is 0 Å². The van der Waals surface area contributed by atoms with Gasteiger partial charge in [0.15, 0.2) is 5.78 Å². The lowest BCUT2D eigenvalue weighted by Crippen LogP contribution is -2.56. The average Bonchev–Trinajstić information content (AvgIpc) is 3.54. The molecule has 1 aliphatic heterocycles. The van der Waals surface area contributed by atoms with Crippen LogP contribution < -0.4 is 0 Å². The van der Waals surface area contributed by atoms with E-state index in [4.69, 9.17) is 0 Å². The van der Waals surface area contributed by atoms with Crippen LogP contribution in [-0.4, -0.2) is 44.5 Å². The van der Waals surface area contributed by atoms with Crippen molar-refractivity contribution in [2.75, 3.05) is 0 Å². The highest BCUT2D eigenvalue weighted by atomic mass is 16.6. The van der Waals surface area contributed by atoms with E-state index in [2.05, 4.69) is 0 Å². The Kier molecular flexibility index (Phi) is 5.27. The van der Waals surface area contributed by atoms with Crippen LogP contribution in [0.2, 0.25) is 0 Å². The molecule has 2 saturated carbocycles. The van der Waals surface area contributed by atoms with Crippen molar-refractivity contribution in [2.45, 2.75) is 32.2 Å². The second-order valence-corrected chi connectivity index (χ2v) is 9.23. The molecule has 3 fully saturated rings. The monoisotopic (exact) mass is 461 g/mol. The minimum absolute atomic E-state index is 0.0407. The molecule has 2 aromatic rings. The van der Waals surface area contributed by atoms with Gasteiger partial charge in [0.25, 0.3) is 23.4 Å². The molecule has 3 aliphatic rings. The van der Waals surface area contributed by atoms with Gasteiger partial charge in [-0.25, -0.2) is 5.01 Å². The topological polar surface area (TPSA) is 118 Å². The SMILES string of the molecule is C[C@@H](C(=O)c1ccccc1)N(C(=O)c1ccc([N+](=O)[O-])cc1)N1C(=O)[C@@H]2[C@H]3CC[C@@H](C3)[C@@H]2C1=O. The Morgan fingerprint density at radius 3 is 2.03 bits per heavy atom. The highest BCUT2D eigenvalue weighted by Gasteiger charge is 2.63. The third kappa shape index (κ3) is 3.30. The number of ketones is 1. The molecule has 0 aromatic heterocycles. The molecule has 34 heavy (non-hydrogen) atoms. The number of carbonyl (C=O) groups excluding carboxylic acids is 4. The molecule has 2 aliphatic carbocycles. The fraction of sp³-hybridized carbons (Fsp3) is 0.360. The Morgan fingerprint density at radius 1 is 0.941 bits per heavy atom. The van der Waals surface area contributed by atoms with Crippen molar-refractivity contribution in [2.24, 2.45) is 23.7 Å². The molecule has 5 atom stereocenters. The molecule has 3 amide bonds. The highest BCUT2D eigenvalue weighted by molar-refractivity contribution is 6.10. The first-order valence-electron chi connectivity index (χ1n) is 11.3. The maximum Gasteiger partial charge on any atom is 0.273 e. The van der Waals surface area contributed by atoms with E-state index >= 15 is 0 Å². The van der Waals surface area contributed by atoms with Gasteiger partial charge < -0.3 is 0 Å². The molecule has 9 nitrogen and oxygen atoms in total. The summed E-state index contributed by atoms with van der Waals surface area (Å²) in [4.78, 5) is 64.3. The summed E-state index contributed by atoms with van der Waals surface area (Å²) in [5.41, 5.74) is 0.186. The number of benzene rings is 2. The first-order valence-corrected chi connectivity index (χ1v) is 11.3. The lowest BCUT2D eigenvalue weighted by molar-refractivity contribution is -0.384. The summed E-state index contributed by atoms with van der Waals surface area (Å²) in [6.07, 6.45) is 2.61. The molecule has 0 N–H and O–H groups in total. The van der Waals surface area contributed by atoms with Crippen LogP contribution in [0.1, 0.15) is 46.9 Å². The van der Waals surface area contributed by atoms with Crippen molar-refractivity contribution in [1.29, 1.82) is 0 Å². The van der Waals surface area contributed by atoms with E-state index in [-0.39, 0.29) is 23.1 Å². The van der Waals surface area contributed by atoms with Gasteiger partial charge in [0.1, 0.15) is 6.04 Å². The molecule has 0 unspecified atom stereocenters. The summed E-state index contributed by atoms with van der Waals surface area (Å²) in [5.74, 6) is -2.72. The van der Waals surface area contributed by atoms with Gasteiger partial charge >= 0.3 is 0 Å². The van der Waals surface area contributed by atoms with Gasteiger partial charge in [-0.3, -0.25) is 29.3 Å². The zero-order valence-electron chi connectivity index (χ0n) is 18.5. The molecular weight excluding hydrogens is 438 g/mol. The minimum atomic E-state index is -1.14. The van der Waals surface area contributed by atoms with Crippen molar-refractivity contribution in [3.63, 3.8) is 0 Å². The van der Waals surface area contributed by atoms with Crippen LogP contribution in [0.4, 0.5) is 5.69 Å². The second kappa shape index (κ2) is 8.16. The summed E-state index contributed by atoms with van der Waals surface area (Å²) in [6.45, 7) is 1.49. The van der Waals surface area contributed by atoms with Crippen LogP contribution in [-0.2, 0) is 9.59 Å². The number of fused-ring (bicyclic) bond motifs is 5. The predicted octanol–water partition coefficient (Wildman–Crippen LogP) is 3.25. The molecule has 5 rings (SSSR count). The first-order chi connectivity index (χ1) is 16.3. The number of hydrogen-bond donors (Lipinski definition) is 0. The van der Waals surface area contributed by atoms with Crippen LogP contribution in [0.5, 0.6) is 0 Å². The average molecular weight is 461 g/mol. The summed E-state index contributed by atoms with van der Waals surface area (Å²) >= 11 is 0. The van der Waals surface area contributed by atoms with E-state index in [9.17, 15) is 29.3 Å². The third-order valence-electron chi connectivity index (χ3n) is 7.46. The van der Waals surface area contributed by atoms with Crippen LogP contribution in [0.15, 0.2) is 54.6 Å². The zero-order chi connectivity index (χ0) is 24.1. The normalized spacial score (nSPS) is 25.9. The maximum atomic E-state index is 13.6. The van der Waals surface area contributed by atoms with Gasteiger partial charge in [-0.2, -0.15) is 5.01 Å². The Morgan fingerprint density at radius 2 is 1.50 bits per heavy atom. The lowest BCUT2D eigenvalue weighted by Gasteiger charge is -2.35. The molecule has 1 heterocycles. The quantitative estimate of drug-likeness (QED) is 0.282. The summed E-state index contributed by atoms with van der Waals surface area (Å²) in [6, 6.07) is 12.1. The molecule has 9 heteroatoms. The van der Waals surface area contributed by atoms with Crippen molar-refractivity contribution < 1.29 is 24.1 Å². The fourth-order valence-corrected chi connectivity index (χ4v) is 5.86. The predicted molar refractivity (Wildman–Crippen MR) is 119 cm³/mol. The lowest BCUT2D eigenvalue weighted by atomic mass is 9.81. The van der Waals surface area contributed by atoms with Crippen LogP contribution in [0.25, 0.3) is 0 Å². The van der Waals surface area contributed by atoms with Crippen LogP contribution in [0, 0.1) is 33.8 Å². The molecule has 174 valence electrons. The Hall–Kier alpha value is -3.88. The number of non-ortho nitro benzene ring substituents is 1. The van der Waals surface area contributed by atoms with E-state index in [1.165, 1.54) is 31.2 Å². The molecule has 0 radical (unpaired) electrons. The van der Waals surface area contributed by atoms with Crippen LogP contribution >= 0.6 is 0 Å². The summed E-state index contributed by atoms with van der Waals surface area (Å²) in [7, 11) is 0. The number of amides is 3. The number of rotatable bonds is 6. The number of hydrazine groups is 1. The van der Waals surface area contributed by atoms with Gasteiger partial charge in [-0.15, -0.1) is 0 Å². The number of nitro groups is 1. The standard InChI is InChI=1S/C25H23N3O6/c1-14(22(29)15-5-3-2-4-6-15)26(23(30)16-9-11-19(12-10-16)28(33)34)27-24(31)20-17-7-8-18(13-17)21(20)25(27)32/h2-6,9-12,14,17-18,20-21H,7-8,13H2,1H3/t14-,17-,18-,20-,21+/m0/s1. The molecular formula is C25H23N3O6. The van der Waals surface area contributed by atoms with E-state index < -0.39 is 46.3 Å². The third-order valence-corrected chi connectivity index (χ3v) is 7.46. The van der Waals surface area contributed by atoms with Crippen molar-refractivity contribution in [3.05, 3.63) is 75.8 Å². The summed E-state index contributed by atoms with van der Waals surface area (Å²) < 4.78 is 0. The number of nitrogens with zero attached hydrogens (tertiary/aromatic N) is 3. The van der Waals surface area contributed by atoms with Crippen molar-refractivity contribution >= 4 is 29.2 Å². The molecule has 2 bridgehead atoms. The van der Waals surface area contributed by atoms with E-state index in [0.717, 1.165) is 29.3 Å². The molecule has 0 spiro atoms. The highest BCUT2D eigenvalue weighted by Crippen LogP contribution is 2.56. The van der Waals surface area contributed by atoms with E-state index in [1.54, 1.807) is 30.3 Å². The van der Waals surface area contributed by atoms with Gasteiger partial charge in [-0.1, -0.05) is 30.3 Å². The number of imide groups is 1. The number of nitro benzene ring substituents is 1. The van der Waals surface area contributed by atoms with Gasteiger partial charge in [0.05, 0.1) is 16.8 Å². The summed E-state index contributed by atoms with van der Waals surface area (Å²) in [5, 5.41) is 12.9. The number of Topliss-reactive ketones (excluding diaryl/α,β-unsaturated/α-hetero) is 1. The second-order valence-electron chi connectivity index (χ2n) is 9.23. The molecule has 1 saturated heterocycles. The van der Waals surface area contributed by atoms with Crippen molar-refractivity contribution in [1.82, 2.24) is 10.0 Å². The Balaban J connectivity index is 1.54. The maximum absolute atomic E-state index is 13.6. The fourth-order valence-electron chi connectivity index (χ4n) is 5.86. The van der Waals surface area contributed by atoms with Crippen LogP contribution in [0.3, 0.4) is 0 Å². The van der Waals surface area contributed by atoms with Gasteiger partial charge in [0.2, 0.25) is 0 Å². The van der Waals surface area contributed by atoms with E-state index in [1.807, 2.05) is 0 Å².